The molecule has 14 heavy (non-hydrogen) atoms. The van der Waals surface area contributed by atoms with Crippen LogP contribution in [0.25, 0.3) is 0 Å². The second kappa shape index (κ2) is 4.13. The van der Waals surface area contributed by atoms with Crippen molar-refractivity contribution in [3.8, 4) is 0 Å². The Morgan fingerprint density at radius 2 is 1.57 bits per heavy atom. The van der Waals surface area contributed by atoms with Gasteiger partial charge in [0.1, 0.15) is 5.69 Å². The molecule has 0 bridgehead atoms. The summed E-state index contributed by atoms with van der Waals surface area (Å²) in [6.07, 6.45) is 1.10. The Balaban J connectivity index is 3.42. The predicted molar refractivity (Wildman–Crippen MR) is 51.3 cm³/mol. The predicted octanol–water partition coefficient (Wildman–Crippen LogP) is 2.15. The molecule has 0 amide bonds. The van der Waals surface area contributed by atoms with E-state index in [-0.39, 0.29) is 16.8 Å². The fourth-order valence-electron chi connectivity index (χ4n) is 0.938. The number of hydrogen-bond acceptors (Lipinski definition) is 3. The van der Waals surface area contributed by atoms with Gasteiger partial charge < -0.3 is 4.98 Å². The number of carbonyl (C=O) groups excluding carboxylic acids is 3. The molecule has 0 aliphatic heterocycles. The van der Waals surface area contributed by atoms with Crippen LogP contribution in [0.2, 0.25) is 0 Å². The first-order chi connectivity index (χ1) is 6.45. The van der Waals surface area contributed by atoms with Gasteiger partial charge in [0.2, 0.25) is 0 Å². The van der Waals surface area contributed by atoms with Crippen LogP contribution in [0.4, 0.5) is 0 Å². The van der Waals surface area contributed by atoms with Gasteiger partial charge in [0, 0.05) is 6.20 Å². The maximum absolute atomic E-state index is 10.9. The minimum absolute atomic E-state index is 0.171. The third kappa shape index (κ3) is 1.97. The van der Waals surface area contributed by atoms with Gasteiger partial charge in [-0.1, -0.05) is 0 Å². The summed E-state index contributed by atoms with van der Waals surface area (Å²) in [4.78, 5) is 34.8. The molecule has 1 heterocycles. The van der Waals surface area contributed by atoms with Crippen LogP contribution in [0, 0.1) is 0 Å². The smallest absolute Gasteiger partial charge is 0.269 e. The summed E-state index contributed by atoms with van der Waals surface area (Å²) in [6, 6.07) is 0. The van der Waals surface area contributed by atoms with E-state index in [1.54, 1.807) is 0 Å². The molecular weight excluding hydrogens is 252 g/mol. The molecule has 0 aromatic carbocycles. The lowest BCUT2D eigenvalue weighted by Gasteiger charge is -1.94. The van der Waals surface area contributed by atoms with E-state index >= 15 is 0 Å². The average molecular weight is 254 g/mol. The highest BCUT2D eigenvalue weighted by Gasteiger charge is 2.23. The lowest BCUT2D eigenvalue weighted by molar-refractivity contribution is 0.104. The standard InChI is InChI=1S/C7H2Cl3NO3/c8-5(12)2-1-11-4(7(10)14)3(2)6(9)13/h1,11H. The maximum Gasteiger partial charge on any atom is 0.269 e. The zero-order chi connectivity index (χ0) is 10.9. The van der Waals surface area contributed by atoms with Gasteiger partial charge in [0.15, 0.2) is 0 Å². The normalized spacial score (nSPS) is 9.93. The zero-order valence-electron chi connectivity index (χ0n) is 6.44. The lowest BCUT2D eigenvalue weighted by atomic mass is 10.2. The van der Waals surface area contributed by atoms with Crippen molar-refractivity contribution in [2.45, 2.75) is 0 Å². The number of carbonyl (C=O) groups is 3. The van der Waals surface area contributed by atoms with Crippen LogP contribution in [-0.2, 0) is 0 Å². The van der Waals surface area contributed by atoms with E-state index in [9.17, 15) is 14.4 Å². The molecule has 74 valence electrons. The Bertz CT molecular complexity index is 392. The number of H-pyrrole nitrogens is 1. The van der Waals surface area contributed by atoms with Gasteiger partial charge in [-0.05, 0) is 34.8 Å². The highest BCUT2D eigenvalue weighted by atomic mass is 35.5. The van der Waals surface area contributed by atoms with Crippen molar-refractivity contribution >= 4 is 50.5 Å². The molecule has 0 spiro atoms. The maximum atomic E-state index is 10.9. The van der Waals surface area contributed by atoms with Gasteiger partial charge in [-0.15, -0.1) is 0 Å². The number of hydrogen-bond donors (Lipinski definition) is 1. The van der Waals surface area contributed by atoms with Crippen molar-refractivity contribution in [2.24, 2.45) is 0 Å². The fourth-order valence-corrected chi connectivity index (χ4v) is 1.43. The molecule has 0 saturated heterocycles. The number of nitrogens with one attached hydrogen (secondary N) is 1. The molecule has 0 fully saturated rings. The molecular formula is C7H2Cl3NO3. The molecule has 0 atom stereocenters. The zero-order valence-corrected chi connectivity index (χ0v) is 8.70. The summed E-state index contributed by atoms with van der Waals surface area (Å²) in [5.41, 5.74) is -0.710. The first-order valence-electron chi connectivity index (χ1n) is 3.26. The van der Waals surface area contributed by atoms with Crippen LogP contribution in [0.5, 0.6) is 0 Å². The minimum atomic E-state index is -0.973. The van der Waals surface area contributed by atoms with Gasteiger partial charge in [-0.2, -0.15) is 0 Å². The van der Waals surface area contributed by atoms with E-state index in [1.807, 2.05) is 0 Å². The van der Waals surface area contributed by atoms with Crippen molar-refractivity contribution in [3.63, 3.8) is 0 Å². The third-order valence-corrected chi connectivity index (χ3v) is 2.07. The summed E-state index contributed by atoms with van der Waals surface area (Å²) < 4.78 is 0. The second-order valence-electron chi connectivity index (χ2n) is 2.27. The van der Waals surface area contributed by atoms with Crippen molar-refractivity contribution in [2.75, 3.05) is 0 Å². The van der Waals surface area contributed by atoms with Gasteiger partial charge in [-0.3, -0.25) is 14.4 Å². The van der Waals surface area contributed by atoms with Crippen LogP contribution >= 0.6 is 34.8 Å². The quantitative estimate of drug-likeness (QED) is 0.840. The Labute approximate surface area is 93.1 Å². The third-order valence-electron chi connectivity index (χ3n) is 1.49. The molecule has 1 rings (SSSR count). The number of aromatic nitrogens is 1. The largest absolute Gasteiger partial charge is 0.356 e. The summed E-state index contributed by atoms with van der Waals surface area (Å²) in [7, 11) is 0. The number of rotatable bonds is 3. The number of aromatic amines is 1. The van der Waals surface area contributed by atoms with Crippen LogP contribution in [0.15, 0.2) is 6.20 Å². The van der Waals surface area contributed by atoms with Crippen LogP contribution in [0.1, 0.15) is 31.2 Å². The topological polar surface area (TPSA) is 67.0 Å². The first kappa shape index (κ1) is 11.2. The Morgan fingerprint density at radius 1 is 1.00 bits per heavy atom. The second-order valence-corrected chi connectivity index (χ2v) is 3.30. The van der Waals surface area contributed by atoms with E-state index in [0.717, 1.165) is 6.20 Å². The fraction of sp³-hybridized carbons (Fsp3) is 0. The molecule has 1 N–H and O–H groups in total. The van der Waals surface area contributed by atoms with Crippen molar-refractivity contribution < 1.29 is 14.4 Å². The van der Waals surface area contributed by atoms with Gasteiger partial charge in [0.05, 0.1) is 11.1 Å². The molecule has 0 saturated carbocycles. The van der Waals surface area contributed by atoms with Crippen LogP contribution in [-0.4, -0.2) is 20.7 Å². The van der Waals surface area contributed by atoms with E-state index in [0.29, 0.717) is 0 Å². The molecule has 0 unspecified atom stereocenters. The van der Waals surface area contributed by atoms with Crippen LogP contribution < -0.4 is 0 Å². The first-order valence-corrected chi connectivity index (χ1v) is 4.39. The molecule has 1 aromatic rings. The monoisotopic (exact) mass is 253 g/mol. The lowest BCUT2D eigenvalue weighted by Crippen LogP contribution is -2.02. The highest BCUT2D eigenvalue weighted by Crippen LogP contribution is 2.20. The molecule has 0 aliphatic carbocycles. The summed E-state index contributed by atoms with van der Waals surface area (Å²) >= 11 is 15.4. The minimum Gasteiger partial charge on any atom is -0.356 e. The van der Waals surface area contributed by atoms with Gasteiger partial charge in [-0.25, -0.2) is 0 Å². The van der Waals surface area contributed by atoms with Crippen molar-refractivity contribution in [3.05, 3.63) is 23.0 Å². The summed E-state index contributed by atoms with van der Waals surface area (Å²) in [5, 5.41) is -2.79. The molecule has 0 radical (unpaired) electrons. The summed E-state index contributed by atoms with van der Waals surface area (Å²) in [6.45, 7) is 0. The van der Waals surface area contributed by atoms with E-state index < -0.39 is 15.7 Å². The van der Waals surface area contributed by atoms with Crippen molar-refractivity contribution in [1.29, 1.82) is 0 Å². The SMILES string of the molecule is O=C(Cl)c1c[nH]c(C(=O)Cl)c1C(=O)Cl. The molecule has 1 aromatic heterocycles. The Kier molecular flexibility index (Phi) is 3.31. The molecule has 7 heteroatoms. The van der Waals surface area contributed by atoms with E-state index in [2.05, 4.69) is 4.98 Å². The van der Waals surface area contributed by atoms with Gasteiger partial charge in [0.25, 0.3) is 15.7 Å². The van der Waals surface area contributed by atoms with E-state index in [4.69, 9.17) is 34.8 Å². The molecule has 4 nitrogen and oxygen atoms in total. The number of halogens is 3. The van der Waals surface area contributed by atoms with E-state index in [1.165, 1.54) is 0 Å². The Hall–Kier alpha value is -0.840. The average Bonchev–Trinajstić information content (AvgIpc) is 2.46. The highest BCUT2D eigenvalue weighted by molar-refractivity contribution is 6.74. The van der Waals surface area contributed by atoms with Crippen LogP contribution in [0.3, 0.4) is 0 Å². The molecule has 0 aliphatic rings. The summed E-state index contributed by atoms with van der Waals surface area (Å²) in [5.74, 6) is 0. The van der Waals surface area contributed by atoms with Gasteiger partial charge >= 0.3 is 0 Å². The Morgan fingerprint density at radius 3 is 1.93 bits per heavy atom. The van der Waals surface area contributed by atoms with Crippen molar-refractivity contribution in [1.82, 2.24) is 4.98 Å².